The van der Waals surface area contributed by atoms with Crippen LogP contribution in [0.3, 0.4) is 0 Å². The normalized spacial score (nSPS) is 26.4. The molecule has 0 bridgehead atoms. The first-order valence-electron chi connectivity index (χ1n) is 10.4. The Morgan fingerprint density at radius 2 is 1.86 bits per heavy atom. The summed E-state index contributed by atoms with van der Waals surface area (Å²) in [6, 6.07) is 8.96. The number of aromatic nitrogens is 2. The summed E-state index contributed by atoms with van der Waals surface area (Å²) in [5.41, 5.74) is 7.69. The average molecular weight is 395 g/mol. The SMILES string of the molecule is C1=CC2=CC(c3ccc(-c4ncnc5c4C4CCC=CC4S5)cc3)=CCC2C=C1. The summed E-state index contributed by atoms with van der Waals surface area (Å²) in [4.78, 5) is 9.30. The predicted octanol–water partition coefficient (Wildman–Crippen LogP) is 6.51. The van der Waals surface area contributed by atoms with E-state index in [1.165, 1.54) is 39.3 Å². The van der Waals surface area contributed by atoms with E-state index < -0.39 is 0 Å². The number of hydrogen-bond acceptors (Lipinski definition) is 3. The highest BCUT2D eigenvalue weighted by atomic mass is 32.2. The molecule has 3 heteroatoms. The third-order valence-corrected chi connectivity index (χ3v) is 7.72. The Morgan fingerprint density at radius 1 is 0.966 bits per heavy atom. The Kier molecular flexibility index (Phi) is 4.16. The molecule has 3 aliphatic carbocycles. The highest BCUT2D eigenvalue weighted by molar-refractivity contribution is 8.00. The molecule has 3 unspecified atom stereocenters. The molecule has 142 valence electrons. The standard InChI is InChI=1S/C26H22N2S/c1-2-6-20-15-21(14-11-17(20)5-1)18-9-12-19(13-10-18)25-24-22-7-3-4-8-23(22)29-26(24)28-16-27-25/h1-2,4-6,8-10,12-17,22-23H,3,7,11H2. The second-order valence-electron chi connectivity index (χ2n) is 8.10. The molecule has 0 saturated carbocycles. The van der Waals surface area contributed by atoms with E-state index in [0.717, 1.165) is 18.5 Å². The van der Waals surface area contributed by atoms with Crippen molar-refractivity contribution >= 4 is 17.3 Å². The number of rotatable bonds is 2. The second kappa shape index (κ2) is 7.00. The van der Waals surface area contributed by atoms with Gasteiger partial charge in [0.05, 0.1) is 5.69 Å². The van der Waals surface area contributed by atoms with Gasteiger partial charge in [-0.25, -0.2) is 9.97 Å². The largest absolute Gasteiger partial charge is 0.236 e. The minimum atomic E-state index is 0.526. The van der Waals surface area contributed by atoms with Crippen molar-refractivity contribution in [2.24, 2.45) is 5.92 Å². The van der Waals surface area contributed by atoms with Crippen LogP contribution >= 0.6 is 11.8 Å². The van der Waals surface area contributed by atoms with Gasteiger partial charge in [0, 0.05) is 28.2 Å². The van der Waals surface area contributed by atoms with Crippen molar-refractivity contribution in [2.45, 2.75) is 35.5 Å². The van der Waals surface area contributed by atoms with Gasteiger partial charge in [-0.1, -0.05) is 84.6 Å². The van der Waals surface area contributed by atoms with Gasteiger partial charge >= 0.3 is 0 Å². The van der Waals surface area contributed by atoms with E-state index in [1.54, 1.807) is 6.33 Å². The molecule has 3 atom stereocenters. The molecule has 2 aromatic rings. The van der Waals surface area contributed by atoms with Gasteiger partial charge in [0.1, 0.15) is 11.4 Å². The molecule has 6 rings (SSSR count). The zero-order valence-corrected chi connectivity index (χ0v) is 17.0. The lowest BCUT2D eigenvalue weighted by atomic mass is 9.83. The number of hydrogen-bond donors (Lipinski definition) is 0. The van der Waals surface area contributed by atoms with Gasteiger partial charge in [0.25, 0.3) is 0 Å². The van der Waals surface area contributed by atoms with Crippen molar-refractivity contribution in [3.05, 3.63) is 95.9 Å². The fraction of sp³-hybridized carbons (Fsp3) is 0.231. The summed E-state index contributed by atoms with van der Waals surface area (Å²) in [6.07, 6.45) is 23.4. The van der Waals surface area contributed by atoms with Crippen LogP contribution < -0.4 is 0 Å². The van der Waals surface area contributed by atoms with Crippen LogP contribution in [0.4, 0.5) is 0 Å². The van der Waals surface area contributed by atoms with Gasteiger partial charge in [0.15, 0.2) is 0 Å². The monoisotopic (exact) mass is 394 g/mol. The molecule has 1 aromatic heterocycles. The van der Waals surface area contributed by atoms with Crippen LogP contribution in [-0.2, 0) is 0 Å². The molecule has 0 saturated heterocycles. The topological polar surface area (TPSA) is 25.8 Å². The van der Waals surface area contributed by atoms with Gasteiger partial charge in [-0.05, 0) is 36.0 Å². The number of fused-ring (bicyclic) bond motifs is 4. The molecule has 2 nitrogen and oxygen atoms in total. The van der Waals surface area contributed by atoms with E-state index in [1.807, 2.05) is 11.8 Å². The Balaban J connectivity index is 1.33. The zero-order chi connectivity index (χ0) is 19.2. The number of nitrogens with zero attached hydrogens (tertiary/aromatic N) is 2. The Hall–Kier alpha value is -2.65. The smallest absolute Gasteiger partial charge is 0.117 e. The van der Waals surface area contributed by atoms with Crippen molar-refractivity contribution in [3.8, 4) is 11.3 Å². The van der Waals surface area contributed by atoms with Gasteiger partial charge in [0.2, 0.25) is 0 Å². The Bertz CT molecular complexity index is 1120. The second-order valence-corrected chi connectivity index (χ2v) is 9.27. The minimum Gasteiger partial charge on any atom is -0.236 e. The van der Waals surface area contributed by atoms with Crippen molar-refractivity contribution < 1.29 is 0 Å². The molecule has 0 spiro atoms. The third kappa shape index (κ3) is 2.96. The quantitative estimate of drug-likeness (QED) is 0.429. The fourth-order valence-electron chi connectivity index (χ4n) is 4.88. The van der Waals surface area contributed by atoms with Crippen LogP contribution in [0.2, 0.25) is 0 Å². The Morgan fingerprint density at radius 3 is 2.79 bits per heavy atom. The third-order valence-electron chi connectivity index (χ3n) is 6.41. The summed E-state index contributed by atoms with van der Waals surface area (Å²) in [6.45, 7) is 0. The van der Waals surface area contributed by atoms with E-state index in [0.29, 0.717) is 17.1 Å². The molecule has 2 heterocycles. The zero-order valence-electron chi connectivity index (χ0n) is 16.2. The highest BCUT2D eigenvalue weighted by Gasteiger charge is 2.36. The van der Waals surface area contributed by atoms with Crippen LogP contribution in [0.15, 0.2) is 89.8 Å². The van der Waals surface area contributed by atoms with Crippen molar-refractivity contribution in [2.75, 3.05) is 0 Å². The first-order valence-corrected chi connectivity index (χ1v) is 11.3. The fourth-order valence-corrected chi connectivity index (χ4v) is 6.25. The van der Waals surface area contributed by atoms with Crippen LogP contribution in [0.1, 0.15) is 36.3 Å². The van der Waals surface area contributed by atoms with Crippen molar-refractivity contribution in [1.29, 1.82) is 0 Å². The Labute approximate surface area is 175 Å². The minimum absolute atomic E-state index is 0.526. The number of allylic oxidation sites excluding steroid dienone is 9. The molecule has 0 amide bonds. The van der Waals surface area contributed by atoms with E-state index in [-0.39, 0.29) is 0 Å². The molecule has 1 aromatic carbocycles. The summed E-state index contributed by atoms with van der Waals surface area (Å²) in [5.74, 6) is 1.09. The van der Waals surface area contributed by atoms with Crippen LogP contribution in [0, 0.1) is 5.92 Å². The van der Waals surface area contributed by atoms with Crippen LogP contribution in [-0.4, -0.2) is 15.2 Å². The first kappa shape index (κ1) is 17.2. The summed E-state index contributed by atoms with van der Waals surface area (Å²) in [7, 11) is 0. The summed E-state index contributed by atoms with van der Waals surface area (Å²) >= 11 is 1.90. The lowest BCUT2D eigenvalue weighted by Gasteiger charge is -2.22. The van der Waals surface area contributed by atoms with E-state index >= 15 is 0 Å². The average Bonchev–Trinajstić information content (AvgIpc) is 3.18. The molecule has 4 aliphatic rings. The summed E-state index contributed by atoms with van der Waals surface area (Å²) in [5, 5.41) is 1.70. The summed E-state index contributed by atoms with van der Waals surface area (Å²) < 4.78 is 0. The molecular formula is C26H22N2S. The van der Waals surface area contributed by atoms with Crippen molar-refractivity contribution in [3.63, 3.8) is 0 Å². The molecular weight excluding hydrogens is 372 g/mol. The first-order chi connectivity index (χ1) is 14.4. The van der Waals surface area contributed by atoms with Crippen LogP contribution in [0.25, 0.3) is 16.8 Å². The lowest BCUT2D eigenvalue weighted by Crippen LogP contribution is -2.12. The maximum absolute atomic E-state index is 4.72. The van der Waals surface area contributed by atoms with E-state index in [2.05, 4.69) is 77.9 Å². The van der Waals surface area contributed by atoms with Gasteiger partial charge in [-0.2, -0.15) is 0 Å². The van der Waals surface area contributed by atoms with Gasteiger partial charge in [-0.15, -0.1) is 0 Å². The van der Waals surface area contributed by atoms with E-state index in [9.17, 15) is 0 Å². The number of thioether (sulfide) groups is 1. The maximum atomic E-state index is 4.72. The highest BCUT2D eigenvalue weighted by Crippen LogP contribution is 2.51. The van der Waals surface area contributed by atoms with E-state index in [4.69, 9.17) is 4.98 Å². The van der Waals surface area contributed by atoms with Gasteiger partial charge in [-0.3, -0.25) is 0 Å². The molecule has 0 N–H and O–H groups in total. The predicted molar refractivity (Wildman–Crippen MR) is 121 cm³/mol. The lowest BCUT2D eigenvalue weighted by molar-refractivity contribution is 0.629. The van der Waals surface area contributed by atoms with Crippen LogP contribution in [0.5, 0.6) is 0 Å². The molecule has 29 heavy (non-hydrogen) atoms. The maximum Gasteiger partial charge on any atom is 0.117 e. The molecule has 0 radical (unpaired) electrons. The number of benzene rings is 1. The van der Waals surface area contributed by atoms with Crippen molar-refractivity contribution in [1.82, 2.24) is 9.97 Å². The molecule has 0 fully saturated rings. The molecule has 1 aliphatic heterocycles. The van der Waals surface area contributed by atoms with Gasteiger partial charge < -0.3 is 0 Å².